The van der Waals surface area contributed by atoms with E-state index in [1.54, 1.807) is 0 Å². The maximum absolute atomic E-state index is 10.2. The van der Waals surface area contributed by atoms with Gasteiger partial charge < -0.3 is 0 Å². The highest BCUT2D eigenvalue weighted by atomic mass is 35.5. The van der Waals surface area contributed by atoms with Gasteiger partial charge in [-0.2, -0.15) is 4.65 Å². The van der Waals surface area contributed by atoms with Crippen LogP contribution in [0.5, 0.6) is 0 Å². The van der Waals surface area contributed by atoms with Gasteiger partial charge in [-0.05, 0) is 0 Å². The molecular weight excluding hydrogens is 233 g/mol. The quantitative estimate of drug-likeness (QED) is 0.467. The summed E-state index contributed by atoms with van der Waals surface area (Å²) in [6.07, 6.45) is 0. The van der Waals surface area contributed by atoms with E-state index in [2.05, 4.69) is 0 Å². The topological polar surface area (TPSA) is 20.2 Å². The van der Waals surface area contributed by atoms with Gasteiger partial charge in [-0.15, -0.1) is 23.2 Å². The SMILES string of the molecule is O[N+](CCCl)(CCCl)Cc1ccccc1. The summed E-state index contributed by atoms with van der Waals surface area (Å²) in [5, 5.41) is 10.2. The Bertz CT molecular complexity index is 273. The Hall–Kier alpha value is -0.280. The lowest BCUT2D eigenvalue weighted by atomic mass is 10.2. The Morgan fingerprint density at radius 3 is 2.00 bits per heavy atom. The highest BCUT2D eigenvalue weighted by Crippen LogP contribution is 2.12. The summed E-state index contributed by atoms with van der Waals surface area (Å²) < 4.78 is -0.0863. The van der Waals surface area contributed by atoms with E-state index >= 15 is 0 Å². The van der Waals surface area contributed by atoms with E-state index in [1.165, 1.54) is 0 Å². The Morgan fingerprint density at radius 2 is 1.53 bits per heavy atom. The monoisotopic (exact) mass is 248 g/mol. The van der Waals surface area contributed by atoms with Gasteiger partial charge in [-0.25, -0.2) is 5.21 Å². The molecule has 0 fully saturated rings. The number of alkyl halides is 2. The minimum atomic E-state index is -0.0863. The molecule has 0 atom stereocenters. The van der Waals surface area contributed by atoms with E-state index in [-0.39, 0.29) is 4.65 Å². The Morgan fingerprint density at radius 1 is 1.00 bits per heavy atom. The lowest BCUT2D eigenvalue weighted by Gasteiger charge is -2.28. The highest BCUT2D eigenvalue weighted by Gasteiger charge is 2.24. The van der Waals surface area contributed by atoms with Crippen molar-refractivity contribution in [3.8, 4) is 0 Å². The third kappa shape index (κ3) is 4.39. The van der Waals surface area contributed by atoms with Crippen LogP contribution >= 0.6 is 23.2 Å². The summed E-state index contributed by atoms with van der Waals surface area (Å²) in [4.78, 5) is 0. The van der Waals surface area contributed by atoms with Crippen LogP contribution in [0.4, 0.5) is 0 Å². The molecule has 0 bridgehead atoms. The van der Waals surface area contributed by atoms with Gasteiger partial charge in [0.05, 0.1) is 11.8 Å². The van der Waals surface area contributed by atoms with Crippen LogP contribution in [0.15, 0.2) is 30.3 Å². The minimum absolute atomic E-state index is 0.0863. The molecule has 0 unspecified atom stereocenters. The number of hydroxylamine groups is 3. The predicted molar refractivity (Wildman–Crippen MR) is 63.4 cm³/mol. The van der Waals surface area contributed by atoms with Crippen molar-refractivity contribution in [1.29, 1.82) is 0 Å². The van der Waals surface area contributed by atoms with Gasteiger partial charge in [0.2, 0.25) is 0 Å². The van der Waals surface area contributed by atoms with Crippen LogP contribution < -0.4 is 0 Å². The maximum atomic E-state index is 10.2. The van der Waals surface area contributed by atoms with Crippen molar-refractivity contribution in [3.63, 3.8) is 0 Å². The van der Waals surface area contributed by atoms with Crippen molar-refractivity contribution in [1.82, 2.24) is 0 Å². The first-order valence-electron chi connectivity index (χ1n) is 4.95. The largest absolute Gasteiger partial charge is 0.217 e. The molecule has 1 aromatic carbocycles. The lowest BCUT2D eigenvalue weighted by Crippen LogP contribution is -2.46. The average molecular weight is 249 g/mol. The number of quaternary nitrogens is 1. The van der Waals surface area contributed by atoms with E-state index < -0.39 is 0 Å². The molecule has 0 spiro atoms. The van der Waals surface area contributed by atoms with Crippen LogP contribution in [0.25, 0.3) is 0 Å². The summed E-state index contributed by atoms with van der Waals surface area (Å²) in [6.45, 7) is 1.59. The molecule has 15 heavy (non-hydrogen) atoms. The smallest absolute Gasteiger partial charge is 0.134 e. The van der Waals surface area contributed by atoms with Crippen LogP contribution in [0.1, 0.15) is 5.56 Å². The van der Waals surface area contributed by atoms with E-state index in [4.69, 9.17) is 23.2 Å². The Labute approximate surface area is 101 Å². The second kappa shape index (κ2) is 6.33. The molecule has 1 aromatic rings. The molecule has 0 saturated carbocycles. The molecule has 0 amide bonds. The van der Waals surface area contributed by atoms with Gasteiger partial charge >= 0.3 is 0 Å². The summed E-state index contributed by atoms with van der Waals surface area (Å²) in [6, 6.07) is 9.86. The Kier molecular flexibility index (Phi) is 5.40. The van der Waals surface area contributed by atoms with E-state index in [9.17, 15) is 5.21 Å². The second-order valence-electron chi connectivity index (χ2n) is 3.56. The standard InChI is InChI=1S/C11H16Cl2NO/c12-6-8-14(15,9-7-13)10-11-4-2-1-3-5-11/h1-5,15H,6-10H2/q+1. The van der Waals surface area contributed by atoms with Crippen molar-refractivity contribution in [2.75, 3.05) is 24.8 Å². The normalized spacial score (nSPS) is 11.7. The number of halogens is 2. The third-order valence-corrected chi connectivity index (χ3v) is 2.66. The molecule has 0 radical (unpaired) electrons. The zero-order valence-electron chi connectivity index (χ0n) is 8.57. The highest BCUT2D eigenvalue weighted by molar-refractivity contribution is 6.18. The van der Waals surface area contributed by atoms with Crippen LogP contribution in [-0.2, 0) is 6.54 Å². The summed E-state index contributed by atoms with van der Waals surface area (Å²) in [5.41, 5.74) is 1.09. The van der Waals surface area contributed by atoms with E-state index in [1.807, 2.05) is 30.3 Å². The van der Waals surface area contributed by atoms with Crippen LogP contribution in [0.3, 0.4) is 0 Å². The minimum Gasteiger partial charge on any atom is -0.217 e. The summed E-state index contributed by atoms with van der Waals surface area (Å²) in [7, 11) is 0. The molecule has 0 heterocycles. The molecule has 0 aromatic heterocycles. The van der Waals surface area contributed by atoms with Crippen molar-refractivity contribution < 1.29 is 9.85 Å². The fourth-order valence-electron chi connectivity index (χ4n) is 1.51. The first kappa shape index (κ1) is 12.8. The molecule has 4 heteroatoms. The van der Waals surface area contributed by atoms with Crippen molar-refractivity contribution in [2.45, 2.75) is 6.54 Å². The first-order chi connectivity index (χ1) is 7.20. The van der Waals surface area contributed by atoms with Crippen molar-refractivity contribution in [3.05, 3.63) is 35.9 Å². The number of hydrogen-bond acceptors (Lipinski definition) is 1. The van der Waals surface area contributed by atoms with Crippen LogP contribution in [0, 0.1) is 0 Å². The molecule has 84 valence electrons. The van der Waals surface area contributed by atoms with Gasteiger partial charge in [0, 0.05) is 5.56 Å². The van der Waals surface area contributed by atoms with Gasteiger partial charge in [-0.1, -0.05) is 30.3 Å². The first-order valence-corrected chi connectivity index (χ1v) is 6.02. The van der Waals surface area contributed by atoms with Crippen molar-refractivity contribution in [2.24, 2.45) is 0 Å². The summed E-state index contributed by atoms with van der Waals surface area (Å²) in [5.74, 6) is 0.862. The number of hydrogen-bond donors (Lipinski definition) is 1. The molecule has 0 aliphatic carbocycles. The van der Waals surface area contributed by atoms with Crippen LogP contribution in [-0.4, -0.2) is 34.7 Å². The fourth-order valence-corrected chi connectivity index (χ4v) is 2.14. The number of benzene rings is 1. The van der Waals surface area contributed by atoms with Crippen molar-refractivity contribution >= 4 is 23.2 Å². The van der Waals surface area contributed by atoms with Gasteiger partial charge in [0.25, 0.3) is 0 Å². The van der Waals surface area contributed by atoms with Gasteiger partial charge in [0.1, 0.15) is 19.6 Å². The molecule has 1 N–H and O–H groups in total. The predicted octanol–water partition coefficient (Wildman–Crippen LogP) is 2.87. The molecule has 0 aliphatic heterocycles. The van der Waals surface area contributed by atoms with Gasteiger partial charge in [-0.3, -0.25) is 0 Å². The zero-order chi connectivity index (χ0) is 11.1. The molecule has 0 saturated heterocycles. The van der Waals surface area contributed by atoms with E-state index in [0.29, 0.717) is 31.4 Å². The zero-order valence-corrected chi connectivity index (χ0v) is 10.1. The average Bonchev–Trinajstić information content (AvgIpc) is 2.19. The van der Waals surface area contributed by atoms with Crippen LogP contribution in [0.2, 0.25) is 0 Å². The second-order valence-corrected chi connectivity index (χ2v) is 4.32. The number of nitrogens with zero attached hydrogens (tertiary/aromatic N) is 1. The molecule has 1 rings (SSSR count). The maximum Gasteiger partial charge on any atom is 0.134 e. The Balaban J connectivity index is 2.66. The fraction of sp³-hybridized carbons (Fsp3) is 0.455. The third-order valence-electron chi connectivity index (χ3n) is 2.32. The summed E-state index contributed by atoms with van der Waals surface area (Å²) >= 11 is 11.3. The lowest BCUT2D eigenvalue weighted by molar-refractivity contribution is -1.11. The molecular formula is C11H16Cl2NO+. The van der Waals surface area contributed by atoms with Gasteiger partial charge in [0.15, 0.2) is 0 Å². The number of rotatable bonds is 6. The van der Waals surface area contributed by atoms with E-state index in [0.717, 1.165) is 5.56 Å². The molecule has 2 nitrogen and oxygen atoms in total. The molecule has 0 aliphatic rings.